The van der Waals surface area contributed by atoms with Crippen molar-refractivity contribution in [3.05, 3.63) is 38.5 Å². The zero-order valence-corrected chi connectivity index (χ0v) is 11.7. The molecule has 96 valence electrons. The second-order valence-electron chi connectivity index (χ2n) is 4.07. The molecule has 0 aliphatic heterocycles. The standard InChI is InChI=1S/C12H15N3OS2/c1-8(12-15-2-3-17-12)5-14-6-10-4-9(7-18-10)11(13)16/h2-4,7-8,14H,5-6H2,1H3,(H2,13,16). The van der Waals surface area contributed by atoms with Crippen molar-refractivity contribution < 1.29 is 4.79 Å². The predicted molar refractivity (Wildman–Crippen MR) is 75.1 cm³/mol. The van der Waals surface area contributed by atoms with Crippen LogP contribution < -0.4 is 11.1 Å². The van der Waals surface area contributed by atoms with Crippen LogP contribution in [0.2, 0.25) is 0 Å². The van der Waals surface area contributed by atoms with Crippen LogP contribution in [0.5, 0.6) is 0 Å². The maximum atomic E-state index is 11.0. The Hall–Kier alpha value is -1.24. The smallest absolute Gasteiger partial charge is 0.249 e. The predicted octanol–water partition coefficient (Wildman–Crippen LogP) is 2.20. The Morgan fingerprint density at radius 2 is 2.39 bits per heavy atom. The van der Waals surface area contributed by atoms with E-state index in [2.05, 4.69) is 17.2 Å². The highest BCUT2D eigenvalue weighted by atomic mass is 32.1. The summed E-state index contributed by atoms with van der Waals surface area (Å²) in [7, 11) is 0. The van der Waals surface area contributed by atoms with Crippen molar-refractivity contribution in [2.75, 3.05) is 6.54 Å². The van der Waals surface area contributed by atoms with E-state index in [1.54, 1.807) is 28.1 Å². The SMILES string of the molecule is CC(CNCc1cc(C(N)=O)cs1)c1nccs1. The van der Waals surface area contributed by atoms with Gasteiger partial charge in [0.15, 0.2) is 0 Å². The fraction of sp³-hybridized carbons (Fsp3) is 0.333. The molecule has 0 aromatic carbocycles. The third-order valence-electron chi connectivity index (χ3n) is 2.56. The minimum atomic E-state index is -0.367. The van der Waals surface area contributed by atoms with Crippen molar-refractivity contribution in [3.63, 3.8) is 0 Å². The highest BCUT2D eigenvalue weighted by molar-refractivity contribution is 7.10. The van der Waals surface area contributed by atoms with Crippen molar-refractivity contribution in [1.29, 1.82) is 0 Å². The monoisotopic (exact) mass is 281 g/mol. The third kappa shape index (κ3) is 3.38. The summed E-state index contributed by atoms with van der Waals surface area (Å²) < 4.78 is 0. The number of nitrogens with zero attached hydrogens (tertiary/aromatic N) is 1. The van der Waals surface area contributed by atoms with Crippen LogP contribution in [0, 0.1) is 0 Å². The number of nitrogens with one attached hydrogen (secondary N) is 1. The summed E-state index contributed by atoms with van der Waals surface area (Å²) in [6.07, 6.45) is 1.83. The molecule has 18 heavy (non-hydrogen) atoms. The van der Waals surface area contributed by atoms with E-state index in [-0.39, 0.29) is 5.91 Å². The molecule has 3 N–H and O–H groups in total. The van der Waals surface area contributed by atoms with Gasteiger partial charge in [-0.15, -0.1) is 22.7 Å². The van der Waals surface area contributed by atoms with E-state index in [4.69, 9.17) is 5.73 Å². The molecule has 0 fully saturated rings. The van der Waals surface area contributed by atoms with Gasteiger partial charge in [-0.05, 0) is 6.07 Å². The molecule has 0 saturated carbocycles. The second-order valence-corrected chi connectivity index (χ2v) is 5.99. The molecule has 2 aromatic heterocycles. The van der Waals surface area contributed by atoms with Crippen molar-refractivity contribution in [3.8, 4) is 0 Å². The third-order valence-corrected chi connectivity index (χ3v) is 4.50. The molecule has 2 heterocycles. The van der Waals surface area contributed by atoms with E-state index in [1.165, 1.54) is 0 Å². The van der Waals surface area contributed by atoms with Crippen LogP contribution in [0.4, 0.5) is 0 Å². The average Bonchev–Trinajstić information content (AvgIpc) is 3.00. The van der Waals surface area contributed by atoms with Gasteiger partial charge in [-0.25, -0.2) is 4.98 Å². The fourth-order valence-corrected chi connectivity index (χ4v) is 3.12. The molecule has 2 aromatic rings. The molecule has 0 spiro atoms. The zero-order chi connectivity index (χ0) is 13.0. The van der Waals surface area contributed by atoms with Gasteiger partial charge < -0.3 is 11.1 Å². The van der Waals surface area contributed by atoms with Gasteiger partial charge in [0.05, 0.1) is 10.6 Å². The first kappa shape index (κ1) is 13.2. The molecule has 2 rings (SSSR count). The summed E-state index contributed by atoms with van der Waals surface area (Å²) in [5, 5.41) is 8.30. The Morgan fingerprint density at radius 1 is 1.56 bits per heavy atom. The number of primary amides is 1. The zero-order valence-electron chi connectivity index (χ0n) is 10.1. The Morgan fingerprint density at radius 3 is 3.00 bits per heavy atom. The number of rotatable bonds is 6. The van der Waals surface area contributed by atoms with Crippen molar-refractivity contribution in [1.82, 2.24) is 10.3 Å². The number of thiazole rings is 1. The van der Waals surface area contributed by atoms with Crippen LogP contribution in [0.3, 0.4) is 0 Å². The van der Waals surface area contributed by atoms with Gasteiger partial charge in [-0.2, -0.15) is 0 Å². The molecular formula is C12H15N3OS2. The summed E-state index contributed by atoms with van der Waals surface area (Å²) >= 11 is 3.23. The van der Waals surface area contributed by atoms with E-state index in [0.717, 1.165) is 23.0 Å². The normalized spacial score (nSPS) is 12.5. The average molecular weight is 281 g/mol. The number of aromatic nitrogens is 1. The number of hydrogen-bond donors (Lipinski definition) is 2. The number of amides is 1. The lowest BCUT2D eigenvalue weighted by molar-refractivity contribution is 0.100. The highest BCUT2D eigenvalue weighted by Crippen LogP contribution is 2.17. The van der Waals surface area contributed by atoms with Gasteiger partial charge in [0.25, 0.3) is 0 Å². The number of carbonyl (C=O) groups is 1. The number of hydrogen-bond acceptors (Lipinski definition) is 5. The molecule has 0 saturated heterocycles. The molecule has 0 radical (unpaired) electrons. The van der Waals surface area contributed by atoms with Crippen molar-refractivity contribution in [2.45, 2.75) is 19.4 Å². The second kappa shape index (κ2) is 6.08. The van der Waals surface area contributed by atoms with Crippen LogP contribution in [-0.2, 0) is 6.54 Å². The molecule has 6 heteroatoms. The van der Waals surface area contributed by atoms with Crippen LogP contribution >= 0.6 is 22.7 Å². The maximum Gasteiger partial charge on any atom is 0.249 e. The van der Waals surface area contributed by atoms with Crippen LogP contribution in [0.15, 0.2) is 23.0 Å². The lowest BCUT2D eigenvalue weighted by atomic mass is 10.2. The fourth-order valence-electron chi connectivity index (χ4n) is 1.58. The summed E-state index contributed by atoms with van der Waals surface area (Å²) in [5.41, 5.74) is 5.80. The first-order valence-electron chi connectivity index (χ1n) is 5.64. The van der Waals surface area contributed by atoms with E-state index in [9.17, 15) is 4.79 Å². The van der Waals surface area contributed by atoms with Crippen molar-refractivity contribution >= 4 is 28.6 Å². The lowest BCUT2D eigenvalue weighted by Crippen LogP contribution is -2.19. The Kier molecular flexibility index (Phi) is 4.46. The van der Waals surface area contributed by atoms with Gasteiger partial charge in [0, 0.05) is 40.8 Å². The van der Waals surface area contributed by atoms with E-state index < -0.39 is 0 Å². The lowest BCUT2D eigenvalue weighted by Gasteiger charge is -2.08. The van der Waals surface area contributed by atoms with Gasteiger partial charge >= 0.3 is 0 Å². The van der Waals surface area contributed by atoms with Crippen molar-refractivity contribution in [2.24, 2.45) is 5.73 Å². The van der Waals surface area contributed by atoms with Gasteiger partial charge in [0.2, 0.25) is 5.91 Å². The molecule has 0 aliphatic rings. The molecule has 4 nitrogen and oxygen atoms in total. The van der Waals surface area contributed by atoms with Gasteiger partial charge in [-0.3, -0.25) is 4.79 Å². The summed E-state index contributed by atoms with van der Waals surface area (Å²) in [6, 6.07) is 1.84. The topological polar surface area (TPSA) is 68.0 Å². The number of thiophene rings is 1. The molecule has 0 aliphatic carbocycles. The quantitative estimate of drug-likeness (QED) is 0.853. The van der Waals surface area contributed by atoms with Crippen LogP contribution in [0.25, 0.3) is 0 Å². The van der Waals surface area contributed by atoms with Gasteiger partial charge in [-0.1, -0.05) is 6.92 Å². The highest BCUT2D eigenvalue weighted by Gasteiger charge is 2.08. The molecular weight excluding hydrogens is 266 g/mol. The summed E-state index contributed by atoms with van der Waals surface area (Å²) in [4.78, 5) is 16.4. The largest absolute Gasteiger partial charge is 0.366 e. The molecule has 1 atom stereocenters. The summed E-state index contributed by atoms with van der Waals surface area (Å²) in [6.45, 7) is 3.78. The first-order chi connectivity index (χ1) is 8.66. The minimum Gasteiger partial charge on any atom is -0.366 e. The maximum absolute atomic E-state index is 11.0. The first-order valence-corrected chi connectivity index (χ1v) is 7.40. The summed E-state index contributed by atoms with van der Waals surface area (Å²) in [5.74, 6) is 0.0363. The molecule has 1 amide bonds. The number of carbonyl (C=O) groups excluding carboxylic acids is 1. The Balaban J connectivity index is 1.79. The minimum absolute atomic E-state index is 0.367. The van der Waals surface area contributed by atoms with Crippen LogP contribution in [0.1, 0.15) is 33.1 Å². The van der Waals surface area contributed by atoms with Gasteiger partial charge in [0.1, 0.15) is 0 Å². The molecule has 1 unspecified atom stereocenters. The van der Waals surface area contributed by atoms with E-state index in [0.29, 0.717) is 11.5 Å². The Labute approximate surface area is 114 Å². The van der Waals surface area contributed by atoms with E-state index in [1.807, 2.05) is 17.6 Å². The molecule has 0 bridgehead atoms. The van der Waals surface area contributed by atoms with Crippen LogP contribution in [-0.4, -0.2) is 17.4 Å². The number of nitrogens with two attached hydrogens (primary N) is 1. The van der Waals surface area contributed by atoms with E-state index >= 15 is 0 Å². The Bertz CT molecular complexity index is 507.